The zero-order chi connectivity index (χ0) is 14.4. The van der Waals surface area contributed by atoms with E-state index >= 15 is 0 Å². The van der Waals surface area contributed by atoms with Crippen molar-refractivity contribution in [1.29, 1.82) is 0 Å². The van der Waals surface area contributed by atoms with Crippen molar-refractivity contribution in [2.24, 2.45) is 0 Å². The highest BCUT2D eigenvalue weighted by molar-refractivity contribution is 6.21. The molecule has 2 fully saturated rings. The molecule has 1 aromatic carbocycles. The van der Waals surface area contributed by atoms with Gasteiger partial charge in [0.2, 0.25) is 0 Å². The summed E-state index contributed by atoms with van der Waals surface area (Å²) < 4.78 is 0. The molecule has 0 aromatic heterocycles. The Balaban J connectivity index is 1.54. The van der Waals surface area contributed by atoms with E-state index in [0.29, 0.717) is 23.2 Å². The second-order valence-electron chi connectivity index (χ2n) is 6.18. The Kier molecular flexibility index (Phi) is 2.96. The van der Waals surface area contributed by atoms with Crippen LogP contribution in [0.3, 0.4) is 0 Å². The number of fused-ring (bicyclic) bond motifs is 2. The maximum atomic E-state index is 11.7. The number of hydrogen-bond acceptors (Lipinski definition) is 4. The van der Waals surface area contributed by atoms with Crippen LogP contribution in [0.15, 0.2) is 18.2 Å². The van der Waals surface area contributed by atoms with E-state index in [4.69, 9.17) is 0 Å². The maximum absolute atomic E-state index is 11.7. The summed E-state index contributed by atoms with van der Waals surface area (Å²) in [6.45, 7) is 2.37. The van der Waals surface area contributed by atoms with Crippen molar-refractivity contribution in [1.82, 2.24) is 10.2 Å². The fourth-order valence-corrected chi connectivity index (χ4v) is 3.89. The number of nitrogens with one attached hydrogen (secondary N) is 2. The summed E-state index contributed by atoms with van der Waals surface area (Å²) in [7, 11) is 0. The van der Waals surface area contributed by atoms with Crippen LogP contribution in [0.1, 0.15) is 46.4 Å². The molecule has 0 aliphatic carbocycles. The summed E-state index contributed by atoms with van der Waals surface area (Å²) in [5, 5.41) is 5.91. The van der Waals surface area contributed by atoms with Crippen LogP contribution in [0, 0.1) is 0 Å². The number of imide groups is 1. The fraction of sp³-hybridized carbons (Fsp3) is 0.500. The van der Waals surface area contributed by atoms with Gasteiger partial charge >= 0.3 is 0 Å². The lowest BCUT2D eigenvalue weighted by Gasteiger charge is -2.33. The third-order valence-corrected chi connectivity index (χ3v) is 4.94. The topological polar surface area (TPSA) is 61.4 Å². The van der Waals surface area contributed by atoms with E-state index in [9.17, 15) is 9.59 Å². The standard InChI is InChI=1S/C16H19N3O2/c20-15-11-5-4-10(9-12(11)16(21)18-15)17-13-6-8-19-7-2-1-3-14(13)19/h4-5,9,13-14,17H,1-3,6-8H2,(H,18,20,21). The number of amides is 2. The fourth-order valence-electron chi connectivity index (χ4n) is 3.89. The van der Waals surface area contributed by atoms with Crippen LogP contribution >= 0.6 is 0 Å². The maximum Gasteiger partial charge on any atom is 0.259 e. The van der Waals surface area contributed by atoms with Crippen LogP contribution in [0.2, 0.25) is 0 Å². The first-order chi connectivity index (χ1) is 10.2. The summed E-state index contributed by atoms with van der Waals surface area (Å²) in [5.74, 6) is -0.578. The molecule has 4 rings (SSSR count). The number of carbonyl (C=O) groups is 2. The molecule has 3 aliphatic rings. The SMILES string of the molecule is O=C1NC(=O)c2cc(NC3CCN4CCCCC34)ccc21. The second-order valence-corrected chi connectivity index (χ2v) is 6.18. The average molecular weight is 285 g/mol. The highest BCUT2D eigenvalue weighted by Crippen LogP contribution is 2.30. The van der Waals surface area contributed by atoms with Crippen molar-refractivity contribution in [2.45, 2.75) is 37.8 Å². The van der Waals surface area contributed by atoms with Crippen molar-refractivity contribution >= 4 is 17.5 Å². The van der Waals surface area contributed by atoms with Crippen molar-refractivity contribution in [3.05, 3.63) is 29.3 Å². The molecule has 2 saturated heterocycles. The smallest absolute Gasteiger partial charge is 0.259 e. The van der Waals surface area contributed by atoms with Crippen molar-refractivity contribution in [3.8, 4) is 0 Å². The van der Waals surface area contributed by atoms with Gasteiger partial charge in [0.15, 0.2) is 0 Å². The van der Waals surface area contributed by atoms with Gasteiger partial charge in [0.1, 0.15) is 0 Å². The van der Waals surface area contributed by atoms with E-state index in [-0.39, 0.29) is 11.8 Å². The Labute approximate surface area is 123 Å². The van der Waals surface area contributed by atoms with Crippen LogP contribution in [-0.2, 0) is 0 Å². The van der Waals surface area contributed by atoms with Gasteiger partial charge in [-0.1, -0.05) is 6.42 Å². The van der Waals surface area contributed by atoms with Gasteiger partial charge in [0.25, 0.3) is 11.8 Å². The summed E-state index contributed by atoms with van der Waals surface area (Å²) in [4.78, 5) is 25.9. The Morgan fingerprint density at radius 2 is 1.90 bits per heavy atom. The molecule has 21 heavy (non-hydrogen) atoms. The quantitative estimate of drug-likeness (QED) is 0.810. The first kappa shape index (κ1) is 12.8. The molecule has 3 heterocycles. The minimum Gasteiger partial charge on any atom is -0.381 e. The lowest BCUT2D eigenvalue weighted by molar-refractivity contribution is 0.0879. The Morgan fingerprint density at radius 1 is 1.05 bits per heavy atom. The predicted octanol–water partition coefficient (Wildman–Crippen LogP) is 1.61. The monoisotopic (exact) mass is 285 g/mol. The molecule has 5 heteroatoms. The molecule has 5 nitrogen and oxygen atoms in total. The summed E-state index contributed by atoms with van der Waals surface area (Å²) >= 11 is 0. The van der Waals surface area contributed by atoms with Gasteiger partial charge in [0, 0.05) is 24.3 Å². The molecule has 2 atom stereocenters. The molecule has 1 aromatic rings. The first-order valence-corrected chi connectivity index (χ1v) is 7.73. The van der Waals surface area contributed by atoms with Crippen molar-refractivity contribution in [2.75, 3.05) is 18.4 Å². The van der Waals surface area contributed by atoms with Crippen molar-refractivity contribution in [3.63, 3.8) is 0 Å². The van der Waals surface area contributed by atoms with Crippen LogP contribution in [0.5, 0.6) is 0 Å². The van der Waals surface area contributed by atoms with Crippen LogP contribution < -0.4 is 10.6 Å². The largest absolute Gasteiger partial charge is 0.381 e. The minimum atomic E-state index is -0.291. The number of piperidine rings is 1. The molecule has 0 saturated carbocycles. The number of carbonyl (C=O) groups excluding carboxylic acids is 2. The van der Waals surface area contributed by atoms with E-state index in [1.165, 1.54) is 25.8 Å². The molecule has 2 amide bonds. The molecular formula is C16H19N3O2. The minimum absolute atomic E-state index is 0.288. The molecule has 0 bridgehead atoms. The normalized spacial score (nSPS) is 28.2. The van der Waals surface area contributed by atoms with Crippen LogP contribution in [0.25, 0.3) is 0 Å². The molecule has 2 unspecified atom stereocenters. The lowest BCUT2D eigenvalue weighted by Crippen LogP contribution is -2.41. The predicted molar refractivity (Wildman–Crippen MR) is 79.5 cm³/mol. The second kappa shape index (κ2) is 4.84. The highest BCUT2D eigenvalue weighted by Gasteiger charge is 2.35. The van der Waals surface area contributed by atoms with Gasteiger partial charge in [-0.15, -0.1) is 0 Å². The number of nitrogens with zero attached hydrogens (tertiary/aromatic N) is 1. The van der Waals surface area contributed by atoms with E-state index in [1.54, 1.807) is 12.1 Å². The molecule has 3 aliphatic heterocycles. The zero-order valence-electron chi connectivity index (χ0n) is 11.9. The van der Waals surface area contributed by atoms with Gasteiger partial charge in [-0.25, -0.2) is 0 Å². The molecule has 2 N–H and O–H groups in total. The van der Waals surface area contributed by atoms with E-state index in [0.717, 1.165) is 18.7 Å². The van der Waals surface area contributed by atoms with Gasteiger partial charge in [-0.3, -0.25) is 19.8 Å². The molecule has 110 valence electrons. The number of hydrogen-bond donors (Lipinski definition) is 2. The number of anilines is 1. The van der Waals surface area contributed by atoms with Crippen LogP contribution in [-0.4, -0.2) is 41.9 Å². The number of rotatable bonds is 2. The third kappa shape index (κ3) is 2.12. The Morgan fingerprint density at radius 3 is 2.81 bits per heavy atom. The van der Waals surface area contributed by atoms with Gasteiger partial charge < -0.3 is 5.32 Å². The van der Waals surface area contributed by atoms with Gasteiger partial charge in [-0.2, -0.15) is 0 Å². The Hall–Kier alpha value is -1.88. The summed E-state index contributed by atoms with van der Waals surface area (Å²) in [6, 6.07) is 6.51. The van der Waals surface area contributed by atoms with Gasteiger partial charge in [0.05, 0.1) is 11.1 Å². The average Bonchev–Trinajstić information content (AvgIpc) is 3.02. The van der Waals surface area contributed by atoms with Crippen LogP contribution in [0.4, 0.5) is 5.69 Å². The van der Waals surface area contributed by atoms with E-state index in [2.05, 4.69) is 15.5 Å². The van der Waals surface area contributed by atoms with Crippen molar-refractivity contribution < 1.29 is 9.59 Å². The van der Waals surface area contributed by atoms with E-state index in [1.807, 2.05) is 6.07 Å². The van der Waals surface area contributed by atoms with E-state index < -0.39 is 0 Å². The molecule has 0 spiro atoms. The lowest BCUT2D eigenvalue weighted by atomic mass is 9.98. The molecule has 0 radical (unpaired) electrons. The Bertz CT molecular complexity index is 614. The summed E-state index contributed by atoms with van der Waals surface area (Å²) in [6.07, 6.45) is 5.01. The summed E-state index contributed by atoms with van der Waals surface area (Å²) in [5.41, 5.74) is 1.91. The van der Waals surface area contributed by atoms with Gasteiger partial charge in [-0.05, 0) is 44.0 Å². The number of benzene rings is 1. The zero-order valence-corrected chi connectivity index (χ0v) is 11.9. The third-order valence-electron chi connectivity index (χ3n) is 4.94. The molecular weight excluding hydrogens is 266 g/mol. The first-order valence-electron chi connectivity index (χ1n) is 7.73. The highest BCUT2D eigenvalue weighted by atomic mass is 16.2.